The van der Waals surface area contributed by atoms with E-state index in [2.05, 4.69) is 39.5 Å². The van der Waals surface area contributed by atoms with E-state index >= 15 is 0 Å². The molecule has 0 heterocycles. The van der Waals surface area contributed by atoms with Gasteiger partial charge >= 0.3 is 0 Å². The van der Waals surface area contributed by atoms with Gasteiger partial charge in [0, 0.05) is 5.25 Å². The Kier molecular flexibility index (Phi) is 4.64. The van der Waals surface area contributed by atoms with Crippen molar-refractivity contribution >= 4 is 11.8 Å². The van der Waals surface area contributed by atoms with Gasteiger partial charge in [-0.1, -0.05) is 34.1 Å². The van der Waals surface area contributed by atoms with Gasteiger partial charge < -0.3 is 0 Å². The molecular formula is C12H24S. The zero-order valence-electron chi connectivity index (χ0n) is 9.55. The lowest BCUT2D eigenvalue weighted by Crippen LogP contribution is -2.26. The van der Waals surface area contributed by atoms with Crippen LogP contribution in [0, 0.1) is 11.8 Å². The molecule has 0 aliphatic heterocycles. The maximum Gasteiger partial charge on any atom is 0.00803 e. The van der Waals surface area contributed by atoms with E-state index in [9.17, 15) is 0 Å². The number of rotatable bonds is 5. The Bertz CT molecular complexity index is 126. The number of thioether (sulfide) groups is 1. The van der Waals surface area contributed by atoms with Crippen LogP contribution < -0.4 is 0 Å². The first-order valence-corrected chi connectivity index (χ1v) is 6.69. The smallest absolute Gasteiger partial charge is 0.00803 e. The average molecular weight is 200 g/mol. The van der Waals surface area contributed by atoms with Crippen LogP contribution in [0.15, 0.2) is 0 Å². The first-order valence-electron chi connectivity index (χ1n) is 5.75. The molecule has 0 aromatic heterocycles. The summed E-state index contributed by atoms with van der Waals surface area (Å²) in [5.74, 6) is 1.92. The third-order valence-electron chi connectivity index (χ3n) is 2.83. The largest absolute Gasteiger partial charge is 0.155 e. The molecule has 1 saturated carbocycles. The molecule has 1 atom stereocenters. The molecule has 13 heavy (non-hydrogen) atoms. The van der Waals surface area contributed by atoms with Crippen LogP contribution >= 0.6 is 11.8 Å². The van der Waals surface area contributed by atoms with E-state index < -0.39 is 0 Å². The van der Waals surface area contributed by atoms with Gasteiger partial charge in [0.15, 0.2) is 0 Å². The lowest BCUT2D eigenvalue weighted by molar-refractivity contribution is 0.286. The molecule has 1 aliphatic rings. The molecule has 0 N–H and O–H groups in total. The maximum absolute atomic E-state index is 2.35. The average Bonchev–Trinajstić information content (AvgIpc) is 1.78. The van der Waals surface area contributed by atoms with Crippen molar-refractivity contribution in [3.63, 3.8) is 0 Å². The van der Waals surface area contributed by atoms with Gasteiger partial charge in [-0.2, -0.15) is 11.8 Å². The van der Waals surface area contributed by atoms with Gasteiger partial charge in [0.1, 0.15) is 0 Å². The highest BCUT2D eigenvalue weighted by molar-refractivity contribution is 8.00. The molecule has 1 fully saturated rings. The molecule has 0 aromatic rings. The molecule has 0 saturated heterocycles. The molecule has 1 rings (SSSR count). The number of hydrogen-bond acceptors (Lipinski definition) is 1. The SMILES string of the molecule is CC(C)C[C@@H](SC(C)C)C1CCC1. The summed E-state index contributed by atoms with van der Waals surface area (Å²) in [5, 5.41) is 1.76. The Hall–Kier alpha value is 0.350. The van der Waals surface area contributed by atoms with E-state index in [4.69, 9.17) is 0 Å². The molecule has 1 aliphatic carbocycles. The number of hydrogen-bond donors (Lipinski definition) is 0. The molecule has 1 heteroatoms. The minimum Gasteiger partial charge on any atom is -0.155 e. The summed E-state index contributed by atoms with van der Waals surface area (Å²) in [5.41, 5.74) is 0. The first-order chi connectivity index (χ1) is 6.09. The van der Waals surface area contributed by atoms with Crippen molar-refractivity contribution in [2.24, 2.45) is 11.8 Å². The Morgan fingerprint density at radius 2 is 1.77 bits per heavy atom. The van der Waals surface area contributed by atoms with Gasteiger partial charge in [-0.15, -0.1) is 0 Å². The van der Waals surface area contributed by atoms with E-state index in [1.165, 1.54) is 25.7 Å². The summed E-state index contributed by atoms with van der Waals surface area (Å²) in [6, 6.07) is 0. The van der Waals surface area contributed by atoms with E-state index in [1.54, 1.807) is 0 Å². The van der Waals surface area contributed by atoms with Crippen LogP contribution in [0.1, 0.15) is 53.4 Å². The minimum absolute atomic E-state index is 0.810. The van der Waals surface area contributed by atoms with Gasteiger partial charge in [0.05, 0.1) is 0 Å². The van der Waals surface area contributed by atoms with Crippen LogP contribution in [0.4, 0.5) is 0 Å². The molecule has 0 radical (unpaired) electrons. The van der Waals surface area contributed by atoms with Crippen molar-refractivity contribution in [3.05, 3.63) is 0 Å². The van der Waals surface area contributed by atoms with Crippen molar-refractivity contribution in [3.8, 4) is 0 Å². The lowest BCUT2D eigenvalue weighted by Gasteiger charge is -2.35. The molecule has 0 nitrogen and oxygen atoms in total. The second-order valence-corrected chi connectivity index (χ2v) is 6.86. The van der Waals surface area contributed by atoms with Crippen molar-refractivity contribution in [1.29, 1.82) is 0 Å². The van der Waals surface area contributed by atoms with Crippen LogP contribution in [0.2, 0.25) is 0 Å². The summed E-state index contributed by atoms with van der Waals surface area (Å²) >= 11 is 2.21. The normalized spacial score (nSPS) is 20.8. The summed E-state index contributed by atoms with van der Waals surface area (Å²) in [4.78, 5) is 0. The highest BCUT2D eigenvalue weighted by Crippen LogP contribution is 2.40. The predicted molar refractivity (Wildman–Crippen MR) is 63.3 cm³/mol. The Morgan fingerprint density at radius 1 is 1.15 bits per heavy atom. The Balaban J connectivity index is 2.33. The Labute approximate surface area is 87.9 Å². The van der Waals surface area contributed by atoms with Gasteiger partial charge in [0.25, 0.3) is 0 Å². The van der Waals surface area contributed by atoms with Crippen molar-refractivity contribution in [2.45, 2.75) is 63.9 Å². The standard InChI is InChI=1S/C12H24S/c1-9(2)8-12(13-10(3)4)11-6-5-7-11/h9-12H,5-8H2,1-4H3/t12-/m1/s1. The highest BCUT2D eigenvalue weighted by atomic mass is 32.2. The maximum atomic E-state index is 2.35. The van der Waals surface area contributed by atoms with Crippen molar-refractivity contribution in [1.82, 2.24) is 0 Å². The molecule has 0 aromatic carbocycles. The summed E-state index contributed by atoms with van der Waals surface area (Å²) in [6.45, 7) is 9.37. The van der Waals surface area contributed by atoms with E-state index in [0.29, 0.717) is 0 Å². The van der Waals surface area contributed by atoms with Crippen LogP contribution in [0.5, 0.6) is 0 Å². The summed E-state index contributed by atoms with van der Waals surface area (Å²) < 4.78 is 0. The quantitative estimate of drug-likeness (QED) is 0.636. The topological polar surface area (TPSA) is 0 Å². The fraction of sp³-hybridized carbons (Fsp3) is 1.00. The van der Waals surface area contributed by atoms with Crippen LogP contribution in [-0.2, 0) is 0 Å². The van der Waals surface area contributed by atoms with Gasteiger partial charge in [-0.3, -0.25) is 0 Å². The zero-order valence-corrected chi connectivity index (χ0v) is 10.4. The van der Waals surface area contributed by atoms with E-state index in [1.807, 2.05) is 0 Å². The third kappa shape index (κ3) is 3.93. The summed E-state index contributed by atoms with van der Waals surface area (Å²) in [7, 11) is 0. The summed E-state index contributed by atoms with van der Waals surface area (Å²) in [6.07, 6.45) is 5.90. The molecule has 0 spiro atoms. The first kappa shape index (κ1) is 11.4. The van der Waals surface area contributed by atoms with Gasteiger partial charge in [0.2, 0.25) is 0 Å². The van der Waals surface area contributed by atoms with E-state index in [-0.39, 0.29) is 0 Å². The molecule has 0 amide bonds. The molecule has 78 valence electrons. The van der Waals surface area contributed by atoms with Crippen LogP contribution in [0.3, 0.4) is 0 Å². The molecular weight excluding hydrogens is 176 g/mol. The van der Waals surface area contributed by atoms with Crippen LogP contribution in [0.25, 0.3) is 0 Å². The zero-order chi connectivity index (χ0) is 9.84. The molecule has 0 bridgehead atoms. The fourth-order valence-electron chi connectivity index (χ4n) is 1.98. The second-order valence-electron chi connectivity index (χ2n) is 5.04. The lowest BCUT2D eigenvalue weighted by atomic mass is 9.80. The predicted octanol–water partition coefficient (Wildman–Crippen LogP) is 4.34. The molecule has 0 unspecified atom stereocenters. The van der Waals surface area contributed by atoms with Gasteiger partial charge in [-0.25, -0.2) is 0 Å². The highest BCUT2D eigenvalue weighted by Gasteiger charge is 2.28. The van der Waals surface area contributed by atoms with E-state index in [0.717, 1.165) is 22.3 Å². The van der Waals surface area contributed by atoms with Crippen molar-refractivity contribution in [2.75, 3.05) is 0 Å². The van der Waals surface area contributed by atoms with Crippen LogP contribution in [-0.4, -0.2) is 10.5 Å². The van der Waals surface area contributed by atoms with Crippen molar-refractivity contribution < 1.29 is 0 Å². The van der Waals surface area contributed by atoms with Gasteiger partial charge in [-0.05, 0) is 36.3 Å². The monoisotopic (exact) mass is 200 g/mol. The fourth-order valence-corrected chi connectivity index (χ4v) is 3.67. The second kappa shape index (κ2) is 5.29. The Morgan fingerprint density at radius 3 is 2.08 bits per heavy atom. The minimum atomic E-state index is 0.810. The third-order valence-corrected chi connectivity index (χ3v) is 4.30.